The van der Waals surface area contributed by atoms with Crippen molar-refractivity contribution in [3.05, 3.63) is 22.7 Å². The number of ether oxygens (including phenoxy) is 1. The highest BCUT2D eigenvalue weighted by Crippen LogP contribution is 2.30. The summed E-state index contributed by atoms with van der Waals surface area (Å²) in [5, 5.41) is 4.03. The minimum Gasteiger partial charge on any atom is -0.495 e. The third-order valence-electron chi connectivity index (χ3n) is 2.08. The molecule has 1 aromatic carbocycles. The quantitative estimate of drug-likeness (QED) is 0.866. The van der Waals surface area contributed by atoms with Crippen molar-refractivity contribution >= 4 is 39.1 Å². The highest BCUT2D eigenvalue weighted by atomic mass is 79.9. The van der Waals surface area contributed by atoms with Crippen LogP contribution in [0.25, 0.3) is 0 Å². The molecule has 0 aliphatic heterocycles. The molecular formula is C11H13BrClNO2. The number of aryl methyl sites for hydroxylation is 1. The van der Waals surface area contributed by atoms with Crippen LogP contribution in [0.3, 0.4) is 0 Å². The van der Waals surface area contributed by atoms with Crippen LogP contribution in [0.15, 0.2) is 12.1 Å². The van der Waals surface area contributed by atoms with Gasteiger partial charge >= 0.3 is 0 Å². The van der Waals surface area contributed by atoms with Crippen molar-refractivity contribution in [2.45, 2.75) is 13.3 Å². The second-order valence-corrected chi connectivity index (χ2v) is 4.49. The van der Waals surface area contributed by atoms with Gasteiger partial charge in [0.15, 0.2) is 0 Å². The molecule has 16 heavy (non-hydrogen) atoms. The smallest absolute Gasteiger partial charge is 0.225 e. The predicted molar refractivity (Wildman–Crippen MR) is 69.8 cm³/mol. The second kappa shape index (κ2) is 6.11. The molecule has 5 heteroatoms. The summed E-state index contributed by atoms with van der Waals surface area (Å²) >= 11 is 9.17. The molecule has 88 valence electrons. The van der Waals surface area contributed by atoms with Gasteiger partial charge in [-0.05, 0) is 18.6 Å². The van der Waals surface area contributed by atoms with Crippen LogP contribution < -0.4 is 10.1 Å². The molecule has 0 unspecified atom stereocenters. The lowest BCUT2D eigenvalue weighted by molar-refractivity contribution is -0.115. The summed E-state index contributed by atoms with van der Waals surface area (Å²) in [5.41, 5.74) is 1.55. The van der Waals surface area contributed by atoms with E-state index in [-0.39, 0.29) is 5.91 Å². The minimum absolute atomic E-state index is 0.0584. The Labute approximate surface area is 108 Å². The molecule has 0 spiro atoms. The van der Waals surface area contributed by atoms with Crippen LogP contribution in [0.1, 0.15) is 12.0 Å². The fraction of sp³-hybridized carbons (Fsp3) is 0.364. The van der Waals surface area contributed by atoms with Gasteiger partial charge in [0.2, 0.25) is 5.91 Å². The molecule has 0 heterocycles. The molecule has 0 fully saturated rings. The van der Waals surface area contributed by atoms with Crippen molar-refractivity contribution in [3.63, 3.8) is 0 Å². The van der Waals surface area contributed by atoms with Gasteiger partial charge in [0.1, 0.15) is 5.75 Å². The normalized spacial score (nSPS) is 10.0. The van der Waals surface area contributed by atoms with Crippen LogP contribution in [-0.2, 0) is 4.79 Å². The van der Waals surface area contributed by atoms with Gasteiger partial charge in [-0.3, -0.25) is 4.79 Å². The van der Waals surface area contributed by atoms with E-state index < -0.39 is 0 Å². The predicted octanol–water partition coefficient (Wildman–Crippen LogP) is 3.38. The van der Waals surface area contributed by atoms with Crippen LogP contribution in [0.2, 0.25) is 5.02 Å². The number of alkyl halides is 1. The molecule has 1 aromatic rings. The Kier molecular flexibility index (Phi) is 5.09. The molecule has 0 saturated carbocycles. The number of amides is 1. The largest absolute Gasteiger partial charge is 0.495 e. The van der Waals surface area contributed by atoms with Gasteiger partial charge in [-0.1, -0.05) is 27.5 Å². The van der Waals surface area contributed by atoms with E-state index in [1.54, 1.807) is 19.2 Å². The fourth-order valence-corrected chi connectivity index (χ4v) is 1.74. The first-order valence-electron chi connectivity index (χ1n) is 4.78. The van der Waals surface area contributed by atoms with E-state index >= 15 is 0 Å². The molecule has 1 rings (SSSR count). The lowest BCUT2D eigenvalue weighted by atomic mass is 10.2. The Bertz CT molecular complexity index is 396. The molecule has 0 aromatic heterocycles. The van der Waals surface area contributed by atoms with Crippen molar-refractivity contribution in [2.75, 3.05) is 17.8 Å². The Morgan fingerprint density at radius 3 is 2.81 bits per heavy atom. The number of rotatable bonds is 4. The van der Waals surface area contributed by atoms with Crippen LogP contribution >= 0.6 is 27.5 Å². The van der Waals surface area contributed by atoms with Crippen LogP contribution in [0, 0.1) is 6.92 Å². The van der Waals surface area contributed by atoms with Gasteiger partial charge in [0, 0.05) is 22.8 Å². The van der Waals surface area contributed by atoms with Gasteiger partial charge < -0.3 is 10.1 Å². The maximum Gasteiger partial charge on any atom is 0.225 e. The molecular weight excluding hydrogens is 293 g/mol. The topological polar surface area (TPSA) is 38.3 Å². The molecule has 1 amide bonds. The first-order chi connectivity index (χ1) is 7.58. The van der Waals surface area contributed by atoms with Crippen LogP contribution in [0.4, 0.5) is 5.69 Å². The van der Waals surface area contributed by atoms with E-state index in [1.165, 1.54) is 0 Å². The van der Waals surface area contributed by atoms with Crippen molar-refractivity contribution in [1.82, 2.24) is 0 Å². The zero-order valence-corrected chi connectivity index (χ0v) is 11.5. The molecule has 0 saturated heterocycles. The summed E-state index contributed by atoms with van der Waals surface area (Å²) < 4.78 is 5.15. The maximum atomic E-state index is 11.4. The Hall–Kier alpha value is -0.740. The summed E-state index contributed by atoms with van der Waals surface area (Å²) in [4.78, 5) is 11.4. The number of anilines is 1. The lowest BCUT2D eigenvalue weighted by Gasteiger charge is -2.11. The van der Waals surface area contributed by atoms with Crippen molar-refractivity contribution < 1.29 is 9.53 Å². The highest BCUT2D eigenvalue weighted by Gasteiger charge is 2.09. The first-order valence-corrected chi connectivity index (χ1v) is 6.28. The molecule has 0 radical (unpaired) electrons. The maximum absolute atomic E-state index is 11.4. The van der Waals surface area contributed by atoms with E-state index in [4.69, 9.17) is 16.3 Å². The molecule has 3 nitrogen and oxygen atoms in total. The van der Waals surface area contributed by atoms with Crippen LogP contribution in [-0.4, -0.2) is 18.3 Å². The average molecular weight is 307 g/mol. The van der Waals surface area contributed by atoms with E-state index in [0.717, 1.165) is 5.56 Å². The lowest BCUT2D eigenvalue weighted by Crippen LogP contribution is -2.12. The van der Waals surface area contributed by atoms with Gasteiger partial charge in [-0.25, -0.2) is 0 Å². The molecule has 0 bridgehead atoms. The summed E-state index contributed by atoms with van der Waals surface area (Å²) in [7, 11) is 1.54. The number of carbonyl (C=O) groups excluding carboxylic acids is 1. The average Bonchev–Trinajstić information content (AvgIpc) is 2.23. The van der Waals surface area contributed by atoms with Crippen LogP contribution in [0.5, 0.6) is 5.75 Å². The third-order valence-corrected chi connectivity index (χ3v) is 2.88. The second-order valence-electron chi connectivity index (χ2n) is 3.29. The number of nitrogens with one attached hydrogen (secondary N) is 1. The summed E-state index contributed by atoms with van der Waals surface area (Å²) in [6, 6.07) is 3.49. The number of hydrogen-bond acceptors (Lipinski definition) is 2. The third kappa shape index (κ3) is 3.39. The monoisotopic (exact) mass is 305 g/mol. The van der Waals surface area contributed by atoms with Crippen molar-refractivity contribution in [1.29, 1.82) is 0 Å². The Morgan fingerprint density at radius 2 is 2.25 bits per heavy atom. The number of benzene rings is 1. The van der Waals surface area contributed by atoms with Gasteiger partial charge in [0.25, 0.3) is 0 Å². The number of hydrogen-bond donors (Lipinski definition) is 1. The molecule has 0 aliphatic rings. The molecule has 0 atom stereocenters. The van der Waals surface area contributed by atoms with E-state index in [1.807, 2.05) is 6.92 Å². The number of carbonyl (C=O) groups is 1. The summed E-state index contributed by atoms with van der Waals surface area (Å²) in [6.45, 7) is 1.88. The zero-order chi connectivity index (χ0) is 12.1. The van der Waals surface area contributed by atoms with E-state index in [0.29, 0.717) is 28.2 Å². The van der Waals surface area contributed by atoms with Gasteiger partial charge in [0.05, 0.1) is 12.8 Å². The van der Waals surface area contributed by atoms with Gasteiger partial charge in [-0.15, -0.1) is 0 Å². The van der Waals surface area contributed by atoms with Crippen molar-refractivity contribution in [2.24, 2.45) is 0 Å². The fourth-order valence-electron chi connectivity index (χ4n) is 1.23. The Morgan fingerprint density at radius 1 is 1.56 bits per heavy atom. The first kappa shape index (κ1) is 13.3. The zero-order valence-electron chi connectivity index (χ0n) is 9.14. The standard InChI is InChI=1S/C11H13BrClNO2/c1-7-5-9(14-11(15)3-4-12)10(16-2)6-8(7)13/h5-6H,3-4H2,1-2H3,(H,14,15). The van der Waals surface area contributed by atoms with E-state index in [2.05, 4.69) is 21.2 Å². The summed E-state index contributed by atoms with van der Waals surface area (Å²) in [5.74, 6) is 0.510. The SMILES string of the molecule is COc1cc(Cl)c(C)cc1NC(=O)CCBr. The van der Waals surface area contributed by atoms with Gasteiger partial charge in [-0.2, -0.15) is 0 Å². The van der Waals surface area contributed by atoms with Crippen molar-refractivity contribution in [3.8, 4) is 5.75 Å². The Balaban J connectivity index is 2.94. The molecule has 1 N–H and O–H groups in total. The highest BCUT2D eigenvalue weighted by molar-refractivity contribution is 9.09. The minimum atomic E-state index is -0.0584. The molecule has 0 aliphatic carbocycles. The number of methoxy groups -OCH3 is 1. The number of halogens is 2. The summed E-state index contributed by atoms with van der Waals surface area (Å²) in [6.07, 6.45) is 0.421. The van der Waals surface area contributed by atoms with E-state index in [9.17, 15) is 4.79 Å².